The minimum Gasteiger partial charge on any atom is -0.366 e. The van der Waals surface area contributed by atoms with E-state index in [1.165, 1.54) is 6.07 Å². The lowest BCUT2D eigenvalue weighted by Gasteiger charge is -2.36. The number of carbonyl (C=O) groups is 1. The maximum atomic E-state index is 12.1. The molecule has 0 radical (unpaired) electrons. The molecule has 31 heavy (non-hydrogen) atoms. The summed E-state index contributed by atoms with van der Waals surface area (Å²) in [7, 11) is 0. The van der Waals surface area contributed by atoms with E-state index in [-0.39, 0.29) is 16.4 Å². The van der Waals surface area contributed by atoms with E-state index in [9.17, 15) is 9.59 Å². The number of hydrogen-bond acceptors (Lipinski definition) is 6. The summed E-state index contributed by atoms with van der Waals surface area (Å²) < 4.78 is 21.4. The van der Waals surface area contributed by atoms with E-state index >= 15 is 0 Å². The average molecular weight is 444 g/mol. The molecule has 1 fully saturated rings. The number of anilines is 1. The van der Waals surface area contributed by atoms with Gasteiger partial charge in [-0.3, -0.25) is 19.5 Å². The van der Waals surface area contributed by atoms with Gasteiger partial charge < -0.3 is 15.2 Å². The number of carbonyl (C=O) groups excluding carboxylic acids is 1. The van der Waals surface area contributed by atoms with Crippen molar-refractivity contribution in [3.8, 4) is 0 Å². The Labute approximate surface area is 189 Å². The number of H-pyrrole nitrogens is 1. The second kappa shape index (κ2) is 9.03. The highest BCUT2D eigenvalue weighted by Crippen LogP contribution is 2.25. The average Bonchev–Trinajstić information content (AvgIpc) is 2.78. The van der Waals surface area contributed by atoms with Gasteiger partial charge in [0, 0.05) is 55.6 Å². The number of aromatic nitrogens is 3. The molecule has 0 unspecified atom stereocenters. The summed E-state index contributed by atoms with van der Waals surface area (Å²) in [5.41, 5.74) is 3.84. The van der Waals surface area contributed by atoms with Gasteiger partial charge in [0.1, 0.15) is 5.69 Å². The summed E-state index contributed by atoms with van der Waals surface area (Å²) in [6.45, 7) is 3.03. The Kier molecular flexibility index (Phi) is 5.15. The van der Waals surface area contributed by atoms with Crippen molar-refractivity contribution in [2.45, 2.75) is 19.9 Å². The van der Waals surface area contributed by atoms with Gasteiger partial charge in [-0.1, -0.05) is 18.5 Å². The number of hydrogen-bond donors (Lipinski definition) is 2. The molecule has 3 aromatic rings. The number of rotatable bonds is 5. The molecule has 1 saturated heterocycles. The topological polar surface area (TPSA) is 94.2 Å². The molecule has 0 bridgehead atoms. The molecule has 8 nitrogen and oxygen atoms in total. The normalized spacial score (nSPS) is 16.6. The molecule has 2 N–H and O–H groups in total. The predicted molar refractivity (Wildman–Crippen MR) is 122 cm³/mol. The van der Waals surface area contributed by atoms with E-state index in [0.717, 1.165) is 35.2 Å². The molecule has 0 atom stereocenters. The fourth-order valence-corrected chi connectivity index (χ4v) is 4.05. The molecule has 4 heterocycles. The molecule has 0 aliphatic carbocycles. The molecule has 0 saturated carbocycles. The zero-order chi connectivity index (χ0) is 24.5. The molecule has 1 aliphatic rings. The molecular weight excluding hydrogens is 416 g/mol. The molecule has 1 aliphatic heterocycles. The van der Waals surface area contributed by atoms with Crippen LogP contribution >= 0.6 is 11.6 Å². The van der Waals surface area contributed by atoms with Crippen LogP contribution in [-0.4, -0.2) is 58.9 Å². The van der Waals surface area contributed by atoms with E-state index < -0.39 is 12.9 Å². The van der Waals surface area contributed by atoms with Crippen molar-refractivity contribution in [2.75, 3.05) is 38.1 Å². The van der Waals surface area contributed by atoms with Crippen LogP contribution in [0, 0.1) is 0 Å². The highest BCUT2D eigenvalue weighted by Gasteiger charge is 2.21. The van der Waals surface area contributed by atoms with Crippen LogP contribution in [0.1, 0.15) is 32.7 Å². The van der Waals surface area contributed by atoms with Crippen molar-refractivity contribution in [1.29, 1.82) is 0 Å². The zero-order valence-electron chi connectivity index (χ0n) is 20.1. The minimum atomic E-state index is -2.59. The number of nitrogens with zero attached hydrogens (tertiary/aromatic N) is 4. The maximum Gasteiger partial charge on any atom is 0.269 e. The Morgan fingerprint density at radius 3 is 2.81 bits per heavy atom. The number of fused-ring (bicyclic) bond motifs is 1. The second-order valence-electron chi connectivity index (χ2n) is 7.48. The van der Waals surface area contributed by atoms with Crippen LogP contribution < -0.4 is 15.8 Å². The summed E-state index contributed by atoms with van der Waals surface area (Å²) in [4.78, 5) is 40.0. The standard InChI is InChI=1S/C22H25ClN6O2/c1-3-15-11-17-18(27-21(15)30)10-14(12-25-17)13-28-6-8-29(9-7-28)19-5-4-16(22(31)24-2)26-20(19)23/h4-5,10-12H,3,6-9,13H2,1-2H3,(H,24,31)(H,27,30)/i2D3. The Hall–Kier alpha value is -2.97. The summed E-state index contributed by atoms with van der Waals surface area (Å²) in [5, 5.41) is 2.06. The Morgan fingerprint density at radius 2 is 2.10 bits per heavy atom. The van der Waals surface area contributed by atoms with Gasteiger partial charge in [0.15, 0.2) is 5.15 Å². The number of pyridine rings is 3. The molecule has 9 heteroatoms. The van der Waals surface area contributed by atoms with Crippen molar-refractivity contribution in [2.24, 2.45) is 0 Å². The highest BCUT2D eigenvalue weighted by atomic mass is 35.5. The second-order valence-corrected chi connectivity index (χ2v) is 7.84. The maximum absolute atomic E-state index is 12.1. The van der Waals surface area contributed by atoms with Crippen LogP contribution in [0.2, 0.25) is 5.15 Å². The van der Waals surface area contributed by atoms with Gasteiger partial charge >= 0.3 is 0 Å². The third kappa shape index (κ3) is 4.55. The van der Waals surface area contributed by atoms with E-state index in [0.29, 0.717) is 31.7 Å². The first-order valence-corrected chi connectivity index (χ1v) is 10.5. The summed E-state index contributed by atoms with van der Waals surface area (Å²) in [6.07, 6.45) is 2.51. The van der Waals surface area contributed by atoms with Crippen molar-refractivity contribution >= 4 is 34.2 Å². The third-order valence-corrected chi connectivity index (χ3v) is 5.78. The summed E-state index contributed by atoms with van der Waals surface area (Å²) in [6, 6.07) is 6.97. The number of halogens is 1. The fraction of sp³-hybridized carbons (Fsp3) is 0.364. The van der Waals surface area contributed by atoms with Crippen molar-refractivity contribution < 1.29 is 8.91 Å². The fourth-order valence-electron chi connectivity index (χ4n) is 3.77. The van der Waals surface area contributed by atoms with Crippen molar-refractivity contribution in [3.63, 3.8) is 0 Å². The number of aryl methyl sites for hydroxylation is 1. The van der Waals surface area contributed by atoms with Crippen LogP contribution in [0.4, 0.5) is 5.69 Å². The molecule has 0 spiro atoms. The van der Waals surface area contributed by atoms with Gasteiger partial charge in [-0.25, -0.2) is 4.98 Å². The van der Waals surface area contributed by atoms with E-state index in [2.05, 4.69) is 24.8 Å². The lowest BCUT2D eigenvalue weighted by molar-refractivity contribution is 0.0958. The monoisotopic (exact) mass is 443 g/mol. The van der Waals surface area contributed by atoms with Crippen LogP contribution in [0.3, 0.4) is 0 Å². The smallest absolute Gasteiger partial charge is 0.269 e. The Morgan fingerprint density at radius 1 is 1.29 bits per heavy atom. The lowest BCUT2D eigenvalue weighted by Crippen LogP contribution is -2.46. The van der Waals surface area contributed by atoms with E-state index in [4.69, 9.17) is 15.7 Å². The number of nitrogens with one attached hydrogen (secondary N) is 2. The van der Waals surface area contributed by atoms with Crippen molar-refractivity contribution in [3.05, 3.63) is 62.8 Å². The number of piperazine rings is 1. The van der Waals surface area contributed by atoms with Crippen LogP contribution in [0.15, 0.2) is 35.3 Å². The third-order valence-electron chi connectivity index (χ3n) is 5.50. The molecule has 1 amide bonds. The van der Waals surface area contributed by atoms with Crippen molar-refractivity contribution in [1.82, 2.24) is 25.2 Å². The molecule has 162 valence electrons. The number of aromatic amines is 1. The van der Waals surface area contributed by atoms with Crippen LogP contribution in [0.5, 0.6) is 0 Å². The first-order valence-electron chi connectivity index (χ1n) is 11.6. The van der Waals surface area contributed by atoms with E-state index in [1.54, 1.807) is 6.07 Å². The van der Waals surface area contributed by atoms with Gasteiger partial charge in [0.05, 0.1) is 16.7 Å². The summed E-state index contributed by atoms with van der Waals surface area (Å²) in [5.74, 6) is -0.797. The van der Waals surface area contributed by atoms with Gasteiger partial charge in [-0.2, -0.15) is 0 Å². The molecular formula is C22H25ClN6O2. The van der Waals surface area contributed by atoms with Gasteiger partial charge in [-0.05, 0) is 36.2 Å². The van der Waals surface area contributed by atoms with Crippen LogP contribution in [-0.2, 0) is 13.0 Å². The van der Waals surface area contributed by atoms with Gasteiger partial charge in [0.2, 0.25) is 0 Å². The molecule has 3 aromatic heterocycles. The Balaban J connectivity index is 1.39. The van der Waals surface area contributed by atoms with Gasteiger partial charge in [0.25, 0.3) is 11.5 Å². The lowest BCUT2D eigenvalue weighted by atomic mass is 10.1. The quantitative estimate of drug-likeness (QED) is 0.587. The SMILES string of the molecule is [2H]C([2H])([2H])NC(=O)c1ccc(N2CCN(Cc3cnc4cc(CC)c(=O)[nH]c4c3)CC2)c(Cl)n1. The minimum absolute atomic E-state index is 0.0450. The van der Waals surface area contributed by atoms with E-state index in [1.807, 2.05) is 30.6 Å². The summed E-state index contributed by atoms with van der Waals surface area (Å²) >= 11 is 6.31. The van der Waals surface area contributed by atoms with Gasteiger partial charge in [-0.15, -0.1) is 0 Å². The first-order chi connectivity index (χ1) is 16.1. The largest absolute Gasteiger partial charge is 0.366 e. The zero-order valence-corrected chi connectivity index (χ0v) is 17.9. The molecule has 0 aromatic carbocycles. The first kappa shape index (κ1) is 17.7. The van der Waals surface area contributed by atoms with Crippen LogP contribution in [0.25, 0.3) is 11.0 Å². The Bertz CT molecular complexity index is 1270. The number of amides is 1. The molecule has 4 rings (SSSR count). The highest BCUT2D eigenvalue weighted by molar-refractivity contribution is 6.32. The predicted octanol–water partition coefficient (Wildman–Crippen LogP) is 2.22.